The maximum Gasteiger partial charge on any atom is 0.274 e. The predicted molar refractivity (Wildman–Crippen MR) is 151 cm³/mol. The zero-order valence-corrected chi connectivity index (χ0v) is 24.0. The van der Waals surface area contributed by atoms with E-state index >= 15 is 0 Å². The minimum atomic E-state index is -3.76. The highest BCUT2D eigenvalue weighted by Crippen LogP contribution is 2.37. The lowest BCUT2D eigenvalue weighted by atomic mass is 10.1. The van der Waals surface area contributed by atoms with Crippen LogP contribution in [0.4, 0.5) is 25.8 Å². The Kier molecular flexibility index (Phi) is 8.81. The molecule has 2 aromatic rings. The molecule has 1 aliphatic carbocycles. The van der Waals surface area contributed by atoms with E-state index in [1.807, 2.05) is 0 Å². The fourth-order valence-electron chi connectivity index (χ4n) is 5.31. The first kappa shape index (κ1) is 29.2. The zero-order valence-electron chi connectivity index (χ0n) is 22.2. The van der Waals surface area contributed by atoms with E-state index in [9.17, 15) is 26.8 Å². The Balaban J connectivity index is 1.61. The van der Waals surface area contributed by atoms with Gasteiger partial charge in [-0.25, -0.2) is 17.2 Å². The number of aliphatic hydroxyl groups excluding tert-OH is 1. The molecule has 1 amide bonds. The van der Waals surface area contributed by atoms with E-state index in [-0.39, 0.29) is 29.4 Å². The Morgan fingerprint density at radius 1 is 1.18 bits per heavy atom. The van der Waals surface area contributed by atoms with Crippen LogP contribution in [0.5, 0.6) is 0 Å². The van der Waals surface area contributed by atoms with Crippen molar-refractivity contribution in [2.75, 3.05) is 40.4 Å². The maximum absolute atomic E-state index is 13.5. The van der Waals surface area contributed by atoms with Crippen molar-refractivity contribution in [3.05, 3.63) is 52.4 Å². The van der Waals surface area contributed by atoms with Gasteiger partial charge in [-0.15, -0.1) is 0 Å². The summed E-state index contributed by atoms with van der Waals surface area (Å²) in [5.74, 6) is -1.72. The summed E-state index contributed by atoms with van der Waals surface area (Å²) in [7, 11) is -5.11. The van der Waals surface area contributed by atoms with Crippen molar-refractivity contribution >= 4 is 41.1 Å². The molecule has 1 aromatic heterocycles. The number of carbonyl (C=O) groups is 1. The number of aliphatic hydroxyl groups is 1. The molecule has 3 N–H and O–H groups in total. The molecular formula is C26H36F2N4O5SSi. The number of alkyl halides is 2. The van der Waals surface area contributed by atoms with Gasteiger partial charge in [0.2, 0.25) is 16.4 Å². The van der Waals surface area contributed by atoms with Crippen molar-refractivity contribution in [3.63, 3.8) is 0 Å². The summed E-state index contributed by atoms with van der Waals surface area (Å²) in [6.07, 6.45) is 0.166. The number of amides is 1. The lowest BCUT2D eigenvalue weighted by Crippen LogP contribution is -2.43. The molecule has 13 heteroatoms. The predicted octanol–water partition coefficient (Wildman–Crippen LogP) is 3.97. The molecule has 2 atom stereocenters. The van der Waals surface area contributed by atoms with Gasteiger partial charge < -0.3 is 19.9 Å². The van der Waals surface area contributed by atoms with Gasteiger partial charge in [0.05, 0.1) is 37.4 Å². The third kappa shape index (κ3) is 7.06. The van der Waals surface area contributed by atoms with Crippen molar-refractivity contribution in [2.45, 2.75) is 56.9 Å². The number of pyridine rings is 1. The number of benzene rings is 1. The Labute approximate surface area is 228 Å². The highest BCUT2D eigenvalue weighted by molar-refractivity contribution is 7.92. The van der Waals surface area contributed by atoms with Gasteiger partial charge in [-0.1, -0.05) is 13.1 Å². The summed E-state index contributed by atoms with van der Waals surface area (Å²) >= 11 is 0. The van der Waals surface area contributed by atoms with Crippen LogP contribution in [0.3, 0.4) is 0 Å². The molecule has 214 valence electrons. The zero-order chi connectivity index (χ0) is 28.4. The second kappa shape index (κ2) is 11.8. The van der Waals surface area contributed by atoms with E-state index in [4.69, 9.17) is 5.11 Å². The highest BCUT2D eigenvalue weighted by atomic mass is 32.2. The molecule has 0 unspecified atom stereocenters. The number of hydrogen-bond donors (Lipinski definition) is 3. The molecule has 1 aliphatic heterocycles. The van der Waals surface area contributed by atoms with Crippen LogP contribution in [0.25, 0.3) is 0 Å². The van der Waals surface area contributed by atoms with Gasteiger partial charge in [0.15, 0.2) is 0 Å². The number of sulfonamides is 1. The van der Waals surface area contributed by atoms with E-state index in [1.165, 1.54) is 22.8 Å². The van der Waals surface area contributed by atoms with Crippen LogP contribution < -0.4 is 20.5 Å². The number of rotatable bonds is 9. The summed E-state index contributed by atoms with van der Waals surface area (Å²) < 4.78 is 54.7. The summed E-state index contributed by atoms with van der Waals surface area (Å²) in [4.78, 5) is 28.7. The lowest BCUT2D eigenvalue weighted by molar-refractivity contribution is 0.0786. The van der Waals surface area contributed by atoms with Crippen LogP contribution in [0.15, 0.2) is 41.3 Å². The minimum Gasteiger partial charge on any atom is -0.395 e. The summed E-state index contributed by atoms with van der Waals surface area (Å²) in [6, 6.07) is 9.38. The number of nitrogens with one attached hydrogen (secondary N) is 2. The second-order valence-corrected chi connectivity index (χ2v) is 18.3. The average Bonchev–Trinajstić information content (AvgIpc) is 3.35. The molecule has 39 heavy (non-hydrogen) atoms. The second-order valence-electron chi connectivity index (χ2n) is 11.2. The van der Waals surface area contributed by atoms with Crippen LogP contribution in [0.2, 0.25) is 25.2 Å². The molecule has 4 rings (SSSR count). The number of anilines is 3. The largest absolute Gasteiger partial charge is 0.395 e. The van der Waals surface area contributed by atoms with E-state index in [0.29, 0.717) is 18.5 Å². The number of halogens is 2. The van der Waals surface area contributed by atoms with E-state index in [1.54, 1.807) is 18.3 Å². The quantitative estimate of drug-likeness (QED) is 0.385. The molecule has 9 nitrogen and oxygen atoms in total. The third-order valence-electron chi connectivity index (χ3n) is 7.75. The van der Waals surface area contributed by atoms with Crippen LogP contribution in [-0.2, 0) is 10.0 Å². The molecule has 2 heterocycles. The van der Waals surface area contributed by atoms with Gasteiger partial charge in [0.25, 0.3) is 11.5 Å². The van der Waals surface area contributed by atoms with Crippen molar-refractivity contribution in [3.8, 4) is 0 Å². The van der Waals surface area contributed by atoms with Crippen LogP contribution >= 0.6 is 0 Å². The van der Waals surface area contributed by atoms with Gasteiger partial charge in [0, 0.05) is 31.2 Å². The van der Waals surface area contributed by atoms with Gasteiger partial charge in [-0.3, -0.25) is 14.3 Å². The molecule has 1 saturated carbocycles. The molecule has 2 fully saturated rings. The monoisotopic (exact) mass is 582 g/mol. The van der Waals surface area contributed by atoms with E-state index in [0.717, 1.165) is 25.2 Å². The van der Waals surface area contributed by atoms with Crippen molar-refractivity contribution < 1.29 is 27.1 Å². The molecule has 2 aliphatic rings. The third-order valence-corrected chi connectivity index (χ3v) is 12.2. The summed E-state index contributed by atoms with van der Waals surface area (Å²) in [5, 5.41) is 11.8. The average molecular weight is 583 g/mol. The normalized spacial score (nSPS) is 21.2. The van der Waals surface area contributed by atoms with Crippen molar-refractivity contribution in [1.82, 2.24) is 4.57 Å². The maximum atomic E-state index is 13.5. The molecule has 0 radical (unpaired) electrons. The fourth-order valence-corrected chi connectivity index (χ4v) is 8.14. The van der Waals surface area contributed by atoms with Gasteiger partial charge >= 0.3 is 0 Å². The lowest BCUT2D eigenvalue weighted by Gasteiger charge is -2.38. The SMILES string of the molecule is C[Si]1(C)CCN(c2cc(NS(=O)(=O)CCO)ccc2C(=O)Nc2cccn([C@H]3CC[C@H](C(F)F)C3)c2=O)CC1. The first-order valence-electron chi connectivity index (χ1n) is 13.2. The highest BCUT2D eigenvalue weighted by Gasteiger charge is 2.33. The van der Waals surface area contributed by atoms with Gasteiger partial charge in [-0.05, 0) is 61.7 Å². The summed E-state index contributed by atoms with van der Waals surface area (Å²) in [6.45, 7) is 5.54. The molecule has 0 bridgehead atoms. The molecular weight excluding hydrogens is 546 g/mol. The fraction of sp³-hybridized carbons (Fsp3) is 0.538. The van der Waals surface area contributed by atoms with E-state index in [2.05, 4.69) is 28.0 Å². The Hall–Kier alpha value is -2.77. The standard InChI is InChI=1S/C26H36F2N4O5SSi/c1-39(2)14-10-31(11-15-39)23-17-19(30-38(36,37)13-12-33)6-8-21(23)25(34)29-22-4-3-9-32(26(22)35)20-7-5-18(16-20)24(27)28/h3-4,6,8-9,17-18,20,24,30,33H,5,7,10-16H2,1-2H3,(H,29,34)/t18-,20-/m0/s1. The molecule has 1 saturated heterocycles. The minimum absolute atomic E-state index is 0.0499. The van der Waals surface area contributed by atoms with Gasteiger partial charge in [0.1, 0.15) is 5.69 Å². The number of aromatic nitrogens is 1. The van der Waals surface area contributed by atoms with Crippen molar-refractivity contribution in [2.24, 2.45) is 5.92 Å². The van der Waals surface area contributed by atoms with Gasteiger partial charge in [-0.2, -0.15) is 0 Å². The number of hydrogen-bond acceptors (Lipinski definition) is 6. The number of nitrogens with zero attached hydrogens (tertiary/aromatic N) is 2. The van der Waals surface area contributed by atoms with Crippen LogP contribution in [0.1, 0.15) is 35.7 Å². The van der Waals surface area contributed by atoms with E-state index < -0.39 is 54.3 Å². The Bertz CT molecular complexity index is 1360. The van der Waals surface area contributed by atoms with Crippen molar-refractivity contribution in [1.29, 1.82) is 0 Å². The smallest absolute Gasteiger partial charge is 0.274 e. The molecule has 0 spiro atoms. The Morgan fingerprint density at radius 2 is 1.90 bits per heavy atom. The Morgan fingerprint density at radius 3 is 2.54 bits per heavy atom. The van der Waals surface area contributed by atoms with Crippen LogP contribution in [0, 0.1) is 5.92 Å². The topological polar surface area (TPSA) is 121 Å². The first-order chi connectivity index (χ1) is 18.4. The van der Waals surface area contributed by atoms with Crippen LogP contribution in [-0.4, -0.2) is 63.9 Å². The summed E-state index contributed by atoms with van der Waals surface area (Å²) in [5.41, 5.74) is 0.706. The first-order valence-corrected chi connectivity index (χ1v) is 18.3. The molecule has 1 aromatic carbocycles. The number of carbonyl (C=O) groups excluding carboxylic acids is 1.